The molecule has 0 unspecified atom stereocenters. The Balaban J connectivity index is 1.73. The topological polar surface area (TPSA) is 573 Å². The van der Waals surface area contributed by atoms with Gasteiger partial charge in [0.1, 0.15) is 61.8 Å². The number of aliphatic hydroxyl groups is 1. The summed E-state index contributed by atoms with van der Waals surface area (Å²) in [5, 5.41) is 31.5. The zero-order chi connectivity index (χ0) is 94.9. The van der Waals surface area contributed by atoms with Crippen molar-refractivity contribution in [3.8, 4) is 0 Å². The van der Waals surface area contributed by atoms with Gasteiger partial charge in [-0.2, -0.15) is 0 Å². The number of unbranched alkanes of at least 4 members (excludes halogenated alkanes) is 12. The molecule has 44 nitrogen and oxygen atoms in total. The van der Waals surface area contributed by atoms with E-state index in [1.807, 2.05) is 0 Å². The summed E-state index contributed by atoms with van der Waals surface area (Å²) in [6.45, 7) is 12.9. The van der Waals surface area contributed by atoms with E-state index >= 15 is 0 Å². The predicted molar refractivity (Wildman–Crippen MR) is 444 cm³/mol. The maximum absolute atomic E-state index is 14.1. The maximum Gasteiger partial charge on any atom is 0.303 e. The molecule has 128 heavy (non-hydrogen) atoms. The van der Waals surface area contributed by atoms with Gasteiger partial charge in [0.2, 0.25) is 47.3 Å². The summed E-state index contributed by atoms with van der Waals surface area (Å²) < 4.78 is 103. The van der Waals surface area contributed by atoms with Crippen molar-refractivity contribution in [2.45, 2.75) is 322 Å². The summed E-state index contributed by atoms with van der Waals surface area (Å²) in [6.07, 6.45) is -5.62. The number of aliphatic hydroxyl groups excluding tert-OH is 1. The monoisotopic (exact) mass is 1830 g/mol. The van der Waals surface area contributed by atoms with Gasteiger partial charge >= 0.3 is 53.7 Å². The van der Waals surface area contributed by atoms with Crippen molar-refractivity contribution < 1.29 is 172 Å². The quantitative estimate of drug-likeness (QED) is 0.0232. The normalized spacial score (nSPS) is 21.8. The number of hydrogen-bond donors (Lipinski definition) is 9. The molecule has 0 radical (unpaired) electrons. The second-order valence-corrected chi connectivity index (χ2v) is 31.1. The van der Waals surface area contributed by atoms with Crippen LogP contribution in [0, 0.1) is 0 Å². The second-order valence-electron chi connectivity index (χ2n) is 31.1. The average molecular weight is 1840 g/mol. The molecule has 0 saturated carbocycles. The van der Waals surface area contributed by atoms with Crippen LogP contribution in [0.4, 0.5) is 0 Å². The van der Waals surface area contributed by atoms with Crippen molar-refractivity contribution in [2.24, 2.45) is 0 Å². The Labute approximate surface area is 746 Å². The molecule has 3 aliphatic rings. The summed E-state index contributed by atoms with van der Waals surface area (Å²) in [7, 11) is 0. The Morgan fingerprint density at radius 2 is 0.531 bits per heavy atom. The fraction of sp³-hybridized carbons (Fsp3) is 0.798. The fourth-order valence-corrected chi connectivity index (χ4v) is 13.8. The van der Waals surface area contributed by atoms with Crippen LogP contribution in [-0.2, 0) is 167 Å². The Bertz CT molecular complexity index is 3160. The molecule has 8 amide bonds. The van der Waals surface area contributed by atoms with Gasteiger partial charge in [-0.1, -0.05) is 51.4 Å². The van der Waals surface area contributed by atoms with Crippen LogP contribution >= 0.6 is 0 Å². The minimum absolute atomic E-state index is 0.0144. The average Bonchev–Trinajstić information content (AvgIpc) is 0.795. The van der Waals surface area contributed by atoms with Gasteiger partial charge in [0.15, 0.2) is 55.5 Å². The minimum Gasteiger partial charge on any atom is -0.463 e. The highest BCUT2D eigenvalue weighted by Gasteiger charge is 2.55. The van der Waals surface area contributed by atoms with Crippen molar-refractivity contribution in [3.05, 3.63) is 0 Å². The minimum atomic E-state index is -1.52. The van der Waals surface area contributed by atoms with Gasteiger partial charge in [0.05, 0.1) is 39.6 Å². The van der Waals surface area contributed by atoms with Gasteiger partial charge in [-0.3, -0.25) is 81.5 Å². The second kappa shape index (κ2) is 64.4. The molecule has 0 aromatic rings. The maximum atomic E-state index is 14.1. The van der Waals surface area contributed by atoms with E-state index in [-0.39, 0.29) is 148 Å². The number of hydrogen-bond acceptors (Lipinski definition) is 36. The van der Waals surface area contributed by atoms with E-state index in [9.17, 15) is 81.5 Å². The van der Waals surface area contributed by atoms with Crippen LogP contribution in [0.5, 0.6) is 0 Å². The van der Waals surface area contributed by atoms with Gasteiger partial charge in [-0.05, 0) is 57.8 Å². The Morgan fingerprint density at radius 3 is 0.789 bits per heavy atom. The number of nitrogens with one attached hydrogen (secondary N) is 8. The zero-order valence-electron chi connectivity index (χ0n) is 76.0. The number of amides is 8. The lowest BCUT2D eigenvalue weighted by atomic mass is 9.96. The van der Waals surface area contributed by atoms with Crippen molar-refractivity contribution in [2.75, 3.05) is 112 Å². The molecule has 15 atom stereocenters. The van der Waals surface area contributed by atoms with Gasteiger partial charge in [0, 0.05) is 168 Å². The first kappa shape index (κ1) is 113. The molecular weight excluding hydrogens is 1700 g/mol. The molecule has 0 bridgehead atoms. The summed E-state index contributed by atoms with van der Waals surface area (Å²) in [6, 6.07) is -3.42. The van der Waals surface area contributed by atoms with E-state index in [2.05, 4.69) is 42.5 Å². The van der Waals surface area contributed by atoms with Crippen LogP contribution in [-0.4, -0.2) is 316 Å². The van der Waals surface area contributed by atoms with Crippen LogP contribution in [0.3, 0.4) is 0 Å². The van der Waals surface area contributed by atoms with Crippen molar-refractivity contribution in [3.63, 3.8) is 0 Å². The number of ether oxygens (including phenoxy) is 18. The lowest BCUT2D eigenvalue weighted by Crippen LogP contribution is -2.66. The highest BCUT2D eigenvalue weighted by atomic mass is 16.7. The lowest BCUT2D eigenvalue weighted by molar-refractivity contribution is -0.277. The van der Waals surface area contributed by atoms with E-state index in [1.54, 1.807) is 0 Å². The van der Waals surface area contributed by atoms with Crippen LogP contribution in [0.25, 0.3) is 0 Å². The Morgan fingerprint density at radius 1 is 0.281 bits per heavy atom. The van der Waals surface area contributed by atoms with E-state index in [0.29, 0.717) is 96.4 Å². The van der Waals surface area contributed by atoms with Gasteiger partial charge < -0.3 is 133 Å². The number of esters is 9. The van der Waals surface area contributed by atoms with Crippen LogP contribution in [0.2, 0.25) is 0 Å². The number of rotatable bonds is 65. The molecule has 0 aromatic carbocycles. The molecule has 0 spiro atoms. The molecular formula is C84H138N8O36. The summed E-state index contributed by atoms with van der Waals surface area (Å²) >= 11 is 0. The first-order chi connectivity index (χ1) is 60.9. The van der Waals surface area contributed by atoms with Crippen molar-refractivity contribution in [1.82, 2.24) is 42.5 Å². The Hall–Kier alpha value is -9.41. The van der Waals surface area contributed by atoms with E-state index in [0.717, 1.165) is 54.4 Å². The molecule has 0 aromatic heterocycles. The van der Waals surface area contributed by atoms with Gasteiger partial charge in [-0.25, -0.2) is 0 Å². The third kappa shape index (κ3) is 49.4. The smallest absolute Gasteiger partial charge is 0.303 e. The molecule has 3 fully saturated rings. The fourth-order valence-electron chi connectivity index (χ4n) is 13.8. The first-order valence-electron chi connectivity index (χ1n) is 43.7. The predicted octanol–water partition coefficient (Wildman–Crippen LogP) is 0.949. The SMILES string of the molecule is CC(=O)N[C@H]1[C@H](OCCCCCCNC(=O)CCOCC(COCCC(=O)NCCCCCCO[C@@H]2O[C@H](COC(C)=O)[C@H](OC(C)=O)[C@H](OC(C)=O)[C@H]2NC(C)=O)(COCCC(=O)NCCCCCCO[C@@H]2O[C@H](COC(C)=O)[C@H](OC(C)=O)[C@H](OC(C)=O)[C@H]2NC(C)=O)NC(=O)CCCC(=O)NCCCCCCO)O[C@H](COC(C)=O)[C@H](OC(C)=O)[C@@H]1OC(C)=O. The van der Waals surface area contributed by atoms with Crippen molar-refractivity contribution >= 4 is 101 Å². The van der Waals surface area contributed by atoms with E-state index in [4.69, 9.17) is 90.4 Å². The largest absolute Gasteiger partial charge is 0.463 e. The standard InChI is InChI=1S/C84H138N8O36/c1-52(94)89-72-78(123-61(10)103)75(120-58(7)100)64(46-117-55(4)97)126-81(72)114-40-26-18-14-22-36-86-68(107)32-43-111-49-84(92-71(110)31-29-30-67(106)85-35-21-13-17-25-39-93,50-112-44-33-69(108)87-37-23-15-19-27-41-115-82-73(90-53(2)95)79(124-62(11)104)76(121-59(8)101)65(127-82)47-118-56(5)98)51-113-45-34-70(109)88-38-24-16-20-28-42-116-83-74(91-54(3)96)80(125-63(12)105)77(122-60(9)102)66(128-83)48-119-57(6)99/h64-66,72-83,93H,13-51H2,1-12H3,(H,85,106)(H,86,107)(H,87,108)(H,88,109)(H,89,94)(H,90,95)(H,91,96)(H,92,110)/t64-,65-,66-,72-,73-,74-,75+,76+,77+,78-,79-,80-,81-,82-,83-/m1/s1. The third-order valence-electron chi connectivity index (χ3n) is 19.4. The number of carbonyl (C=O) groups is 17. The van der Waals surface area contributed by atoms with Gasteiger partial charge in [0.25, 0.3) is 0 Å². The summed E-state index contributed by atoms with van der Waals surface area (Å²) in [5.74, 6) is -10.0. The van der Waals surface area contributed by atoms with Gasteiger partial charge in [-0.15, -0.1) is 0 Å². The van der Waals surface area contributed by atoms with Crippen LogP contribution < -0.4 is 42.5 Å². The summed E-state index contributed by atoms with van der Waals surface area (Å²) in [5.41, 5.74) is -1.52. The zero-order valence-corrected chi connectivity index (χ0v) is 76.0. The molecule has 730 valence electrons. The van der Waals surface area contributed by atoms with E-state index in [1.165, 1.54) is 41.5 Å². The molecule has 0 aliphatic carbocycles. The van der Waals surface area contributed by atoms with Crippen molar-refractivity contribution in [1.29, 1.82) is 0 Å². The van der Waals surface area contributed by atoms with Crippen LogP contribution in [0.1, 0.15) is 224 Å². The highest BCUT2D eigenvalue weighted by molar-refractivity contribution is 5.80. The lowest BCUT2D eigenvalue weighted by Gasteiger charge is -2.44. The third-order valence-corrected chi connectivity index (χ3v) is 19.4. The van der Waals surface area contributed by atoms with E-state index < -0.39 is 195 Å². The van der Waals surface area contributed by atoms with Crippen LogP contribution in [0.15, 0.2) is 0 Å². The molecule has 3 heterocycles. The molecule has 3 rings (SSSR count). The molecule has 3 saturated heterocycles. The highest BCUT2D eigenvalue weighted by Crippen LogP contribution is 2.32. The molecule has 3 aliphatic heterocycles. The summed E-state index contributed by atoms with van der Waals surface area (Å²) in [4.78, 5) is 213. The molecule has 9 N–H and O–H groups in total. The molecule has 44 heteroatoms. The number of carbonyl (C=O) groups excluding carboxylic acids is 17. The first-order valence-corrected chi connectivity index (χ1v) is 43.7. The Kier molecular flexibility index (Phi) is 56.7.